The number of fused-ring (bicyclic) bond motifs is 2. The summed E-state index contributed by atoms with van der Waals surface area (Å²) < 4.78 is 65.5. The fourth-order valence-corrected chi connectivity index (χ4v) is 11.4. The van der Waals surface area contributed by atoms with Crippen LogP contribution in [0.3, 0.4) is 0 Å². The summed E-state index contributed by atoms with van der Waals surface area (Å²) in [5.74, 6) is 1.10. The second kappa shape index (κ2) is 16.4. The number of piperidine rings is 1. The first-order valence-corrected chi connectivity index (χ1v) is 21.8. The Labute approximate surface area is 350 Å². The summed E-state index contributed by atoms with van der Waals surface area (Å²) >= 11 is 0. The molecule has 3 aromatic rings. The number of carbonyl (C=O) groups excluding carboxylic acids is 1. The number of pyridine rings is 1. The average Bonchev–Trinajstić information content (AvgIpc) is 3.84. The highest BCUT2D eigenvalue weighted by molar-refractivity contribution is 5.90. The highest BCUT2D eigenvalue weighted by Gasteiger charge is 2.55. The SMILES string of the molecule is C#Cc1c(F)ccc2c1[C@H](c1ncc3c(N(C)C[C@@H]4CCCN4C(=O)C=C)nc(OC[C@]4(C)C[C@@H](F)CN4C4CC5(CCN(C6CCOCC6)CC5)C4)nc3c1F)CCO2. The number of terminal acetylenes is 1. The predicted octanol–water partition coefficient (Wildman–Crippen LogP) is 6.42. The van der Waals surface area contributed by atoms with Crippen molar-refractivity contribution in [2.24, 2.45) is 5.41 Å². The minimum Gasteiger partial charge on any atom is -0.493 e. The Morgan fingerprint density at radius 3 is 2.62 bits per heavy atom. The van der Waals surface area contributed by atoms with Crippen molar-refractivity contribution in [1.82, 2.24) is 29.7 Å². The lowest BCUT2D eigenvalue weighted by Gasteiger charge is -2.57. The average molecular weight is 828 g/mol. The number of aromatic nitrogens is 3. The number of halogens is 3. The molecular formula is C46H56F3N7O4. The summed E-state index contributed by atoms with van der Waals surface area (Å²) in [7, 11) is 1.84. The number of amides is 1. The van der Waals surface area contributed by atoms with Crippen LogP contribution in [0.25, 0.3) is 10.9 Å². The molecule has 4 saturated heterocycles. The zero-order valence-corrected chi connectivity index (χ0v) is 34.8. The van der Waals surface area contributed by atoms with E-state index >= 15 is 13.2 Å². The molecule has 2 aromatic heterocycles. The third-order valence-electron chi connectivity index (χ3n) is 14.6. The fraction of sp³-hybridized carbons (Fsp3) is 0.609. The Balaban J connectivity index is 0.991. The summed E-state index contributed by atoms with van der Waals surface area (Å²) in [6.07, 6.45) is 16.6. The number of benzene rings is 1. The molecule has 1 amide bonds. The summed E-state index contributed by atoms with van der Waals surface area (Å²) in [5.41, 5.74) is 0.127. The van der Waals surface area contributed by atoms with Crippen molar-refractivity contribution in [3.63, 3.8) is 0 Å². The van der Waals surface area contributed by atoms with Gasteiger partial charge in [-0.05, 0) is 101 Å². The second-order valence-corrected chi connectivity index (χ2v) is 18.3. The molecule has 11 nitrogen and oxygen atoms in total. The van der Waals surface area contributed by atoms with Crippen molar-refractivity contribution in [3.8, 4) is 24.1 Å². The Hall–Kier alpha value is -4.45. The molecule has 1 aromatic carbocycles. The molecule has 1 saturated carbocycles. The molecule has 9 rings (SSSR count). The van der Waals surface area contributed by atoms with Gasteiger partial charge in [0.1, 0.15) is 35.7 Å². The van der Waals surface area contributed by atoms with Crippen molar-refractivity contribution in [1.29, 1.82) is 0 Å². The van der Waals surface area contributed by atoms with Gasteiger partial charge in [-0.25, -0.2) is 13.2 Å². The van der Waals surface area contributed by atoms with E-state index in [1.54, 1.807) is 11.1 Å². The van der Waals surface area contributed by atoms with Crippen LogP contribution in [0.15, 0.2) is 31.0 Å². The maximum absolute atomic E-state index is 17.2. The molecule has 0 unspecified atom stereocenters. The van der Waals surface area contributed by atoms with Crippen LogP contribution >= 0.6 is 0 Å². The van der Waals surface area contributed by atoms with Crippen LogP contribution < -0.4 is 14.4 Å². The number of anilines is 1. The van der Waals surface area contributed by atoms with Crippen molar-refractivity contribution < 1.29 is 32.2 Å². The van der Waals surface area contributed by atoms with Crippen LogP contribution in [0.5, 0.6) is 11.8 Å². The monoisotopic (exact) mass is 827 g/mol. The number of carbonyl (C=O) groups is 1. The minimum absolute atomic E-state index is 0.00572. The molecule has 1 aliphatic carbocycles. The van der Waals surface area contributed by atoms with Crippen LogP contribution in [0, 0.1) is 29.4 Å². The lowest BCUT2D eigenvalue weighted by Crippen LogP contribution is -2.60. The van der Waals surface area contributed by atoms with Gasteiger partial charge in [-0.1, -0.05) is 12.5 Å². The first kappa shape index (κ1) is 40.9. The molecule has 1 spiro atoms. The molecule has 7 heterocycles. The molecule has 0 N–H and O–H groups in total. The van der Waals surface area contributed by atoms with Crippen molar-refractivity contribution in [2.75, 3.05) is 71.1 Å². The van der Waals surface area contributed by atoms with Gasteiger partial charge in [0.05, 0.1) is 28.8 Å². The summed E-state index contributed by atoms with van der Waals surface area (Å²) in [6.45, 7) is 11.4. The van der Waals surface area contributed by atoms with E-state index in [0.29, 0.717) is 66.4 Å². The first-order chi connectivity index (χ1) is 29.0. The molecule has 320 valence electrons. The highest BCUT2D eigenvalue weighted by Crippen LogP contribution is 2.54. The Kier molecular flexibility index (Phi) is 11.2. The first-order valence-electron chi connectivity index (χ1n) is 21.8. The lowest BCUT2D eigenvalue weighted by atomic mass is 9.59. The van der Waals surface area contributed by atoms with Crippen LogP contribution in [0.4, 0.5) is 19.0 Å². The highest BCUT2D eigenvalue weighted by atomic mass is 19.1. The van der Waals surface area contributed by atoms with E-state index in [0.717, 1.165) is 64.8 Å². The van der Waals surface area contributed by atoms with E-state index in [9.17, 15) is 4.79 Å². The topological polar surface area (TPSA) is 96.4 Å². The van der Waals surface area contributed by atoms with E-state index < -0.39 is 29.3 Å². The molecule has 5 aliphatic heterocycles. The molecule has 6 aliphatic rings. The molecular weight excluding hydrogens is 772 g/mol. The summed E-state index contributed by atoms with van der Waals surface area (Å²) in [4.78, 5) is 35.5. The van der Waals surface area contributed by atoms with Gasteiger partial charge in [0.2, 0.25) is 5.91 Å². The van der Waals surface area contributed by atoms with Crippen molar-refractivity contribution in [3.05, 3.63) is 59.4 Å². The van der Waals surface area contributed by atoms with Gasteiger partial charge in [0.25, 0.3) is 0 Å². The van der Waals surface area contributed by atoms with Gasteiger partial charge in [0.15, 0.2) is 5.82 Å². The summed E-state index contributed by atoms with van der Waals surface area (Å²) in [5, 5.41) is 0.356. The number of hydrogen-bond acceptors (Lipinski definition) is 10. The largest absolute Gasteiger partial charge is 0.493 e. The second-order valence-electron chi connectivity index (χ2n) is 18.3. The third kappa shape index (κ3) is 7.49. The maximum atomic E-state index is 17.2. The molecule has 14 heteroatoms. The predicted molar refractivity (Wildman–Crippen MR) is 222 cm³/mol. The smallest absolute Gasteiger partial charge is 0.319 e. The molecule has 5 fully saturated rings. The number of ether oxygens (including phenoxy) is 3. The fourth-order valence-electron chi connectivity index (χ4n) is 11.4. The number of hydrogen-bond donors (Lipinski definition) is 0. The van der Waals surface area contributed by atoms with E-state index in [1.807, 2.05) is 11.9 Å². The standard InChI is InChI=1S/C46H56F3N7O4/c1-5-33-36(48)9-10-37-39(33)34(13-21-59-37)41-40(49)42-35(25-50-41)43(53(4)27-31-8-7-16-55(31)38(57)6-2)52-44(51-42)60-28-45(3)22-29(47)26-56(45)32-23-46(24-32)14-17-54(18-15-46)30-11-19-58-20-12-30/h1,6,9-10,25,29-32,34H,2,7-8,11-24,26-28H2,3-4H3/t29-,31+,34-,45+/m1/s1. The number of likely N-dealkylation sites (N-methyl/N-ethyl adjacent to an activating group) is 1. The third-order valence-corrected chi connectivity index (χ3v) is 14.6. The van der Waals surface area contributed by atoms with Gasteiger partial charge in [-0.3, -0.25) is 14.7 Å². The molecule has 60 heavy (non-hydrogen) atoms. The number of likely N-dealkylation sites (tertiary alicyclic amines) is 3. The van der Waals surface area contributed by atoms with E-state index in [2.05, 4.69) is 39.2 Å². The number of rotatable bonds is 10. The number of nitrogens with zero attached hydrogens (tertiary/aromatic N) is 7. The van der Waals surface area contributed by atoms with Gasteiger partial charge in [-0.2, -0.15) is 9.97 Å². The van der Waals surface area contributed by atoms with Crippen LogP contribution in [-0.2, 0) is 9.53 Å². The minimum atomic E-state index is -0.997. The zero-order valence-electron chi connectivity index (χ0n) is 34.8. The van der Waals surface area contributed by atoms with Crippen LogP contribution in [-0.4, -0.2) is 132 Å². The van der Waals surface area contributed by atoms with Crippen LogP contribution in [0.1, 0.15) is 93.9 Å². The van der Waals surface area contributed by atoms with Gasteiger partial charge in [0, 0.05) is 82.1 Å². The molecule has 4 atom stereocenters. The molecule has 0 bridgehead atoms. The van der Waals surface area contributed by atoms with Gasteiger partial charge >= 0.3 is 6.01 Å². The Morgan fingerprint density at radius 2 is 1.87 bits per heavy atom. The van der Waals surface area contributed by atoms with Crippen LogP contribution in [0.2, 0.25) is 0 Å². The van der Waals surface area contributed by atoms with E-state index in [-0.39, 0.29) is 54.0 Å². The zero-order chi connectivity index (χ0) is 41.8. The van der Waals surface area contributed by atoms with Crippen molar-refractivity contribution in [2.45, 2.75) is 107 Å². The van der Waals surface area contributed by atoms with E-state index in [4.69, 9.17) is 25.6 Å². The van der Waals surface area contributed by atoms with Gasteiger partial charge < -0.3 is 28.9 Å². The normalized spacial score (nSPS) is 27.3. The quantitative estimate of drug-likeness (QED) is 0.169. The summed E-state index contributed by atoms with van der Waals surface area (Å²) in [6, 6.07) is 3.49. The maximum Gasteiger partial charge on any atom is 0.319 e. The van der Waals surface area contributed by atoms with E-state index in [1.165, 1.54) is 31.1 Å². The number of alkyl halides is 1. The van der Waals surface area contributed by atoms with Crippen molar-refractivity contribution >= 4 is 22.6 Å². The lowest BCUT2D eigenvalue weighted by molar-refractivity contribution is -0.126. The molecule has 0 radical (unpaired) electrons. The Bertz CT molecular complexity index is 2160. The van der Waals surface area contributed by atoms with Gasteiger partial charge in [-0.15, -0.1) is 6.42 Å². The Morgan fingerprint density at radius 1 is 1.08 bits per heavy atom.